The normalized spacial score (nSPS) is 31.9. The van der Waals surface area contributed by atoms with Crippen LogP contribution in [-0.4, -0.2) is 52.0 Å². The molecule has 3 saturated heterocycles. The molecule has 2 aromatic rings. The maximum atomic E-state index is 13.8. The predicted octanol–water partition coefficient (Wildman–Crippen LogP) is 4.21. The standard InChI is InChI=1S/C25H31N3O/c1-26-21-9-3-2-7-17(21)15-23(26)25(29)28-12-6-8-18-13-19-14-20(24(18)28)16-27-11-5-4-10-22(19)27/h2-3,7,9,13,15,19-20,22,24H,4-6,8,10-12,14,16H2,1H3/t19-,20+,22+,24-/m0/s1. The highest BCUT2D eigenvalue weighted by atomic mass is 16.2. The van der Waals surface area contributed by atoms with Crippen LogP contribution in [0.1, 0.15) is 49.0 Å². The van der Waals surface area contributed by atoms with Crippen molar-refractivity contribution in [1.29, 1.82) is 0 Å². The van der Waals surface area contributed by atoms with Crippen molar-refractivity contribution in [2.75, 3.05) is 19.6 Å². The van der Waals surface area contributed by atoms with Gasteiger partial charge in [-0.2, -0.15) is 0 Å². The van der Waals surface area contributed by atoms with Crippen molar-refractivity contribution < 1.29 is 4.79 Å². The van der Waals surface area contributed by atoms with Crippen molar-refractivity contribution in [3.8, 4) is 0 Å². The van der Waals surface area contributed by atoms with Gasteiger partial charge in [0.25, 0.3) is 5.91 Å². The zero-order chi connectivity index (χ0) is 19.5. The summed E-state index contributed by atoms with van der Waals surface area (Å²) in [4.78, 5) is 18.7. The number of aromatic nitrogens is 1. The van der Waals surface area contributed by atoms with Gasteiger partial charge >= 0.3 is 0 Å². The Morgan fingerprint density at radius 3 is 2.90 bits per heavy atom. The van der Waals surface area contributed by atoms with Crippen molar-refractivity contribution in [2.45, 2.75) is 50.6 Å². The van der Waals surface area contributed by atoms with Crippen LogP contribution in [0, 0.1) is 11.8 Å². The van der Waals surface area contributed by atoms with E-state index < -0.39 is 0 Å². The second kappa shape index (κ2) is 6.73. The van der Waals surface area contributed by atoms with E-state index in [0.717, 1.165) is 35.6 Å². The smallest absolute Gasteiger partial charge is 0.271 e. The Bertz CT molecular complexity index is 989. The molecule has 4 heterocycles. The molecule has 4 nitrogen and oxygen atoms in total. The summed E-state index contributed by atoms with van der Waals surface area (Å²) >= 11 is 0. The number of fused-ring (bicyclic) bond motifs is 7. The van der Waals surface area contributed by atoms with Crippen LogP contribution in [-0.2, 0) is 7.05 Å². The molecule has 2 bridgehead atoms. The van der Waals surface area contributed by atoms with Gasteiger partial charge in [0.2, 0.25) is 0 Å². The second-order valence-corrected chi connectivity index (χ2v) is 9.65. The Kier molecular flexibility index (Phi) is 4.12. The van der Waals surface area contributed by atoms with E-state index in [0.29, 0.717) is 17.9 Å². The fourth-order valence-electron chi connectivity index (χ4n) is 6.84. The molecule has 4 aliphatic rings. The molecule has 1 aromatic heterocycles. The largest absolute Gasteiger partial charge is 0.340 e. The first-order valence-electron chi connectivity index (χ1n) is 11.5. The van der Waals surface area contributed by atoms with Gasteiger partial charge in [-0.25, -0.2) is 0 Å². The molecule has 1 aliphatic carbocycles. The third-order valence-electron chi connectivity index (χ3n) is 8.09. The first kappa shape index (κ1) is 17.8. The molecule has 3 aliphatic heterocycles. The molecule has 1 amide bonds. The predicted molar refractivity (Wildman–Crippen MR) is 116 cm³/mol. The minimum atomic E-state index is 0.221. The van der Waals surface area contributed by atoms with Crippen LogP contribution in [0.2, 0.25) is 0 Å². The lowest BCUT2D eigenvalue weighted by molar-refractivity contribution is 0.00123. The minimum absolute atomic E-state index is 0.221. The molecule has 4 atom stereocenters. The fraction of sp³-hybridized carbons (Fsp3) is 0.560. The second-order valence-electron chi connectivity index (χ2n) is 9.65. The lowest BCUT2D eigenvalue weighted by atomic mass is 9.68. The van der Waals surface area contributed by atoms with Crippen LogP contribution in [0.5, 0.6) is 0 Å². The van der Waals surface area contributed by atoms with E-state index in [1.165, 1.54) is 45.2 Å². The van der Waals surface area contributed by atoms with E-state index in [1.54, 1.807) is 5.57 Å². The Balaban J connectivity index is 1.36. The minimum Gasteiger partial charge on any atom is -0.340 e. The molecular weight excluding hydrogens is 358 g/mol. The number of piperidine rings is 3. The number of nitrogens with zero attached hydrogens (tertiary/aromatic N) is 3. The summed E-state index contributed by atoms with van der Waals surface area (Å²) < 4.78 is 2.09. The highest BCUT2D eigenvalue weighted by Gasteiger charge is 2.47. The van der Waals surface area contributed by atoms with Gasteiger partial charge in [-0.1, -0.05) is 36.3 Å². The number of hydrogen-bond acceptors (Lipinski definition) is 2. The monoisotopic (exact) mass is 389 g/mol. The van der Waals surface area contributed by atoms with Crippen LogP contribution < -0.4 is 0 Å². The number of aryl methyl sites for hydroxylation is 1. The van der Waals surface area contributed by atoms with Crippen molar-refractivity contribution in [1.82, 2.24) is 14.4 Å². The molecule has 1 aromatic carbocycles. The summed E-state index contributed by atoms with van der Waals surface area (Å²) in [5.74, 6) is 1.54. The molecule has 29 heavy (non-hydrogen) atoms. The Morgan fingerprint density at radius 2 is 2.00 bits per heavy atom. The van der Waals surface area contributed by atoms with E-state index in [4.69, 9.17) is 0 Å². The van der Waals surface area contributed by atoms with Gasteiger partial charge in [0.15, 0.2) is 0 Å². The first-order chi connectivity index (χ1) is 14.2. The quantitative estimate of drug-likeness (QED) is 0.684. The molecule has 4 heteroatoms. The van der Waals surface area contributed by atoms with E-state index in [-0.39, 0.29) is 5.91 Å². The summed E-state index contributed by atoms with van der Waals surface area (Å²) in [6.07, 6.45) is 10.3. The molecular formula is C25H31N3O. The van der Waals surface area contributed by atoms with E-state index in [9.17, 15) is 4.79 Å². The van der Waals surface area contributed by atoms with Gasteiger partial charge in [0, 0.05) is 37.1 Å². The summed E-state index contributed by atoms with van der Waals surface area (Å²) in [5, 5.41) is 1.16. The first-order valence-corrected chi connectivity index (χ1v) is 11.5. The van der Waals surface area contributed by atoms with Crippen LogP contribution in [0.25, 0.3) is 10.9 Å². The summed E-state index contributed by atoms with van der Waals surface area (Å²) in [6, 6.07) is 11.5. The third kappa shape index (κ3) is 2.72. The Morgan fingerprint density at radius 1 is 1.10 bits per heavy atom. The maximum absolute atomic E-state index is 13.8. The number of likely N-dealkylation sites (tertiary alicyclic amines) is 1. The van der Waals surface area contributed by atoms with E-state index in [1.807, 2.05) is 7.05 Å². The van der Waals surface area contributed by atoms with Crippen molar-refractivity contribution in [3.63, 3.8) is 0 Å². The number of para-hydroxylation sites is 1. The van der Waals surface area contributed by atoms with Gasteiger partial charge in [0.05, 0.1) is 6.04 Å². The topological polar surface area (TPSA) is 28.5 Å². The Labute approximate surface area is 173 Å². The Hall–Kier alpha value is -2.07. The number of carbonyl (C=O) groups excluding carboxylic acids is 1. The van der Waals surface area contributed by atoms with E-state index >= 15 is 0 Å². The van der Waals surface area contributed by atoms with Crippen molar-refractivity contribution >= 4 is 16.8 Å². The highest BCUT2D eigenvalue weighted by Crippen LogP contribution is 2.45. The molecule has 0 N–H and O–H groups in total. The average molecular weight is 390 g/mol. The number of hydrogen-bond donors (Lipinski definition) is 0. The SMILES string of the molecule is Cn1c(C(=O)N2CCCC3=C[C@H]4C[C@H](CN5CCCC[C@H]45)[C@H]32)cc2ccccc21. The fourth-order valence-corrected chi connectivity index (χ4v) is 6.84. The van der Waals surface area contributed by atoms with Crippen LogP contribution >= 0.6 is 0 Å². The van der Waals surface area contributed by atoms with Crippen LogP contribution in [0.3, 0.4) is 0 Å². The van der Waals surface area contributed by atoms with Crippen molar-refractivity contribution in [3.05, 3.63) is 47.7 Å². The lowest BCUT2D eigenvalue weighted by Crippen LogP contribution is -2.60. The molecule has 152 valence electrons. The summed E-state index contributed by atoms with van der Waals surface area (Å²) in [7, 11) is 2.03. The number of carbonyl (C=O) groups is 1. The molecule has 6 rings (SSSR count). The molecule has 0 saturated carbocycles. The van der Waals surface area contributed by atoms with Gasteiger partial charge in [-0.3, -0.25) is 9.69 Å². The molecule has 0 spiro atoms. The summed E-state index contributed by atoms with van der Waals surface area (Å²) in [5.41, 5.74) is 3.54. The molecule has 0 radical (unpaired) electrons. The maximum Gasteiger partial charge on any atom is 0.271 e. The average Bonchev–Trinajstić information content (AvgIpc) is 3.10. The van der Waals surface area contributed by atoms with Gasteiger partial charge in [0.1, 0.15) is 5.69 Å². The number of rotatable bonds is 1. The van der Waals surface area contributed by atoms with E-state index in [2.05, 4.69) is 50.8 Å². The summed E-state index contributed by atoms with van der Waals surface area (Å²) in [6.45, 7) is 3.33. The van der Waals surface area contributed by atoms with Crippen LogP contribution in [0.4, 0.5) is 0 Å². The van der Waals surface area contributed by atoms with Gasteiger partial charge in [-0.15, -0.1) is 0 Å². The number of amides is 1. The lowest BCUT2D eigenvalue weighted by Gasteiger charge is -2.54. The molecule has 3 fully saturated rings. The number of benzene rings is 1. The highest BCUT2D eigenvalue weighted by molar-refractivity contribution is 5.99. The van der Waals surface area contributed by atoms with Crippen molar-refractivity contribution in [2.24, 2.45) is 18.9 Å². The van der Waals surface area contributed by atoms with Crippen LogP contribution in [0.15, 0.2) is 42.0 Å². The third-order valence-corrected chi connectivity index (χ3v) is 8.09. The zero-order valence-corrected chi connectivity index (χ0v) is 17.4. The van der Waals surface area contributed by atoms with Gasteiger partial charge in [-0.05, 0) is 62.6 Å². The molecule has 0 unspecified atom stereocenters. The van der Waals surface area contributed by atoms with Gasteiger partial charge < -0.3 is 9.47 Å². The zero-order valence-electron chi connectivity index (χ0n) is 17.4.